The first-order valence-corrected chi connectivity index (χ1v) is 5.39. The van der Waals surface area contributed by atoms with Gasteiger partial charge >= 0.3 is 0 Å². The first-order valence-electron chi connectivity index (χ1n) is 4.98. The highest BCUT2D eigenvalue weighted by Gasteiger charge is 2.11. The SMILES string of the molecule is CC1=CC(=Cc2c(O)[nH]c(=S)[nH]c2=O)C(C)=N1. The van der Waals surface area contributed by atoms with Gasteiger partial charge in [0, 0.05) is 11.4 Å². The summed E-state index contributed by atoms with van der Waals surface area (Å²) < 4.78 is 0.0955. The fraction of sp³-hybridized carbons (Fsp3) is 0.182. The van der Waals surface area contributed by atoms with Gasteiger partial charge in [0.25, 0.3) is 5.56 Å². The lowest BCUT2D eigenvalue weighted by atomic mass is 10.1. The fourth-order valence-electron chi connectivity index (χ4n) is 1.61. The Morgan fingerprint density at radius 3 is 2.65 bits per heavy atom. The van der Waals surface area contributed by atoms with Crippen molar-refractivity contribution < 1.29 is 5.11 Å². The number of H-pyrrole nitrogens is 2. The summed E-state index contributed by atoms with van der Waals surface area (Å²) in [5, 5.41) is 9.64. The minimum Gasteiger partial charge on any atom is -0.494 e. The summed E-state index contributed by atoms with van der Waals surface area (Å²) in [6.07, 6.45) is 3.42. The molecule has 0 aromatic carbocycles. The molecule has 0 saturated heterocycles. The summed E-state index contributed by atoms with van der Waals surface area (Å²) in [7, 11) is 0. The van der Waals surface area contributed by atoms with Crippen LogP contribution in [0.5, 0.6) is 5.88 Å². The minimum absolute atomic E-state index is 0.0955. The third-order valence-electron chi connectivity index (χ3n) is 2.38. The number of nitrogens with one attached hydrogen (secondary N) is 2. The summed E-state index contributed by atoms with van der Waals surface area (Å²) in [6, 6.07) is 0. The molecule has 17 heavy (non-hydrogen) atoms. The number of allylic oxidation sites excluding steroid dienone is 3. The lowest BCUT2D eigenvalue weighted by Crippen LogP contribution is -2.11. The predicted molar refractivity (Wildman–Crippen MR) is 68.8 cm³/mol. The molecule has 0 fully saturated rings. The molecule has 5 nitrogen and oxygen atoms in total. The molecule has 0 radical (unpaired) electrons. The number of hydrogen-bond donors (Lipinski definition) is 3. The molecule has 0 atom stereocenters. The van der Waals surface area contributed by atoms with Gasteiger partial charge in [0.2, 0.25) is 5.88 Å². The Balaban J connectivity index is 2.59. The Morgan fingerprint density at radius 1 is 1.41 bits per heavy atom. The van der Waals surface area contributed by atoms with Crippen LogP contribution in [0.25, 0.3) is 6.08 Å². The van der Waals surface area contributed by atoms with Crippen molar-refractivity contribution in [2.45, 2.75) is 13.8 Å². The molecule has 0 bridgehead atoms. The first-order chi connectivity index (χ1) is 7.97. The average molecular weight is 249 g/mol. The van der Waals surface area contributed by atoms with Crippen molar-refractivity contribution in [2.24, 2.45) is 4.99 Å². The highest BCUT2D eigenvalue weighted by molar-refractivity contribution is 7.71. The van der Waals surface area contributed by atoms with E-state index in [0.717, 1.165) is 17.0 Å². The second kappa shape index (κ2) is 4.14. The molecule has 0 unspecified atom stereocenters. The number of aromatic amines is 2. The Labute approximate surface area is 102 Å². The molecule has 1 aromatic heterocycles. The quantitative estimate of drug-likeness (QED) is 0.665. The summed E-state index contributed by atoms with van der Waals surface area (Å²) in [6.45, 7) is 3.71. The number of aliphatic imine (C=N–C) groups is 1. The lowest BCUT2D eigenvalue weighted by molar-refractivity contribution is 0.448. The van der Waals surface area contributed by atoms with E-state index in [1.54, 1.807) is 6.08 Å². The highest BCUT2D eigenvalue weighted by Crippen LogP contribution is 2.20. The van der Waals surface area contributed by atoms with E-state index in [9.17, 15) is 9.90 Å². The van der Waals surface area contributed by atoms with E-state index in [1.165, 1.54) is 0 Å². The summed E-state index contributed by atoms with van der Waals surface area (Å²) in [5.74, 6) is -0.239. The van der Waals surface area contributed by atoms with Crippen molar-refractivity contribution >= 4 is 24.0 Å². The lowest BCUT2D eigenvalue weighted by Gasteiger charge is -1.99. The third-order valence-corrected chi connectivity index (χ3v) is 2.59. The number of rotatable bonds is 1. The largest absolute Gasteiger partial charge is 0.494 e. The molecule has 2 rings (SSSR count). The molecule has 0 spiro atoms. The van der Waals surface area contributed by atoms with Crippen molar-refractivity contribution in [3.05, 3.63) is 38.0 Å². The van der Waals surface area contributed by atoms with Crippen LogP contribution < -0.4 is 5.56 Å². The number of nitrogens with zero attached hydrogens (tertiary/aromatic N) is 1. The van der Waals surface area contributed by atoms with E-state index in [2.05, 4.69) is 15.0 Å². The van der Waals surface area contributed by atoms with Crippen molar-refractivity contribution in [1.82, 2.24) is 9.97 Å². The zero-order valence-electron chi connectivity index (χ0n) is 9.37. The normalized spacial score (nSPS) is 17.2. The molecule has 0 saturated carbocycles. The Hall–Kier alpha value is -1.95. The molecule has 0 amide bonds. The number of aromatic nitrogens is 2. The van der Waals surface area contributed by atoms with Crippen LogP contribution in [-0.2, 0) is 0 Å². The van der Waals surface area contributed by atoms with Gasteiger partial charge in [0.15, 0.2) is 4.77 Å². The molecular weight excluding hydrogens is 238 g/mol. The first kappa shape index (κ1) is 11.5. The maximum Gasteiger partial charge on any atom is 0.262 e. The van der Waals surface area contributed by atoms with E-state index in [1.807, 2.05) is 19.9 Å². The maximum absolute atomic E-state index is 11.6. The van der Waals surface area contributed by atoms with Gasteiger partial charge in [-0.15, -0.1) is 0 Å². The maximum atomic E-state index is 11.6. The van der Waals surface area contributed by atoms with Crippen LogP contribution in [0.3, 0.4) is 0 Å². The summed E-state index contributed by atoms with van der Waals surface area (Å²) >= 11 is 4.74. The molecule has 1 aromatic rings. The fourth-order valence-corrected chi connectivity index (χ4v) is 1.80. The molecule has 1 aliphatic rings. The van der Waals surface area contributed by atoms with E-state index in [-0.39, 0.29) is 16.2 Å². The van der Waals surface area contributed by atoms with Crippen LogP contribution in [0.2, 0.25) is 0 Å². The van der Waals surface area contributed by atoms with Crippen LogP contribution in [0.1, 0.15) is 19.4 Å². The van der Waals surface area contributed by atoms with Crippen LogP contribution in [-0.4, -0.2) is 20.8 Å². The minimum atomic E-state index is -0.426. The van der Waals surface area contributed by atoms with Crippen molar-refractivity contribution in [1.29, 1.82) is 0 Å². The molecule has 0 aliphatic carbocycles. The molecule has 3 N–H and O–H groups in total. The van der Waals surface area contributed by atoms with Crippen LogP contribution in [0.4, 0.5) is 0 Å². The Kier molecular flexibility index (Phi) is 2.81. The third kappa shape index (κ3) is 2.26. The van der Waals surface area contributed by atoms with Crippen molar-refractivity contribution in [3.63, 3.8) is 0 Å². The van der Waals surface area contributed by atoms with Crippen molar-refractivity contribution in [2.75, 3.05) is 0 Å². The smallest absolute Gasteiger partial charge is 0.262 e. The van der Waals surface area contributed by atoms with Gasteiger partial charge in [0.05, 0.1) is 0 Å². The van der Waals surface area contributed by atoms with Gasteiger partial charge in [-0.05, 0) is 43.8 Å². The van der Waals surface area contributed by atoms with Gasteiger partial charge in [0.1, 0.15) is 5.56 Å². The summed E-state index contributed by atoms with van der Waals surface area (Å²) in [5.41, 5.74) is 2.20. The van der Waals surface area contributed by atoms with Gasteiger partial charge < -0.3 is 10.1 Å². The van der Waals surface area contributed by atoms with E-state index in [4.69, 9.17) is 12.2 Å². The standard InChI is InChI=1S/C11H11N3O2S/c1-5-3-7(6(2)12-5)4-8-9(15)13-11(17)14-10(8)16/h3-4H,1-2H3,(H3,13,14,15,16,17). The average Bonchev–Trinajstić information content (AvgIpc) is 2.51. The Morgan fingerprint density at radius 2 is 2.12 bits per heavy atom. The highest BCUT2D eigenvalue weighted by atomic mass is 32.1. The molecular formula is C11H11N3O2S. The Bertz CT molecular complexity index is 677. The van der Waals surface area contributed by atoms with Gasteiger partial charge in [-0.25, -0.2) is 0 Å². The number of hydrogen-bond acceptors (Lipinski definition) is 4. The monoisotopic (exact) mass is 249 g/mol. The van der Waals surface area contributed by atoms with Crippen molar-refractivity contribution in [3.8, 4) is 5.88 Å². The molecule has 6 heteroatoms. The van der Waals surface area contributed by atoms with Crippen LogP contribution in [0.15, 0.2) is 27.1 Å². The van der Waals surface area contributed by atoms with E-state index >= 15 is 0 Å². The molecule has 2 heterocycles. The van der Waals surface area contributed by atoms with Gasteiger partial charge in [-0.3, -0.25) is 14.8 Å². The molecule has 1 aliphatic heterocycles. The number of aromatic hydroxyl groups is 1. The van der Waals surface area contributed by atoms with Gasteiger partial charge in [-0.2, -0.15) is 0 Å². The molecule has 88 valence electrons. The second-order valence-electron chi connectivity index (χ2n) is 3.75. The summed E-state index contributed by atoms with van der Waals surface area (Å²) in [4.78, 5) is 20.8. The van der Waals surface area contributed by atoms with Gasteiger partial charge in [-0.1, -0.05) is 0 Å². The second-order valence-corrected chi connectivity index (χ2v) is 4.16. The van der Waals surface area contributed by atoms with Crippen LogP contribution in [0, 0.1) is 4.77 Å². The zero-order valence-corrected chi connectivity index (χ0v) is 10.2. The van der Waals surface area contributed by atoms with E-state index < -0.39 is 5.56 Å². The van der Waals surface area contributed by atoms with Crippen LogP contribution >= 0.6 is 12.2 Å². The topological polar surface area (TPSA) is 81.2 Å². The predicted octanol–water partition coefficient (Wildman–Crippen LogP) is 1.90. The van der Waals surface area contributed by atoms with E-state index in [0.29, 0.717) is 0 Å². The zero-order chi connectivity index (χ0) is 12.6.